The highest BCUT2D eigenvalue weighted by Gasteiger charge is 2.38. The van der Waals surface area contributed by atoms with Crippen molar-refractivity contribution in [2.45, 2.75) is 6.04 Å². The fourth-order valence-electron chi connectivity index (χ4n) is 2.53. The van der Waals surface area contributed by atoms with Crippen molar-refractivity contribution in [1.29, 1.82) is 0 Å². The summed E-state index contributed by atoms with van der Waals surface area (Å²) in [6, 6.07) is 13.3. The highest BCUT2D eigenvalue weighted by atomic mass is 16.6. The standard InChI is InChI=1S/C16H13N3O4/c20-12-9-5-4-8-11(12)14-15(19(22)23)13(17-16(21)18-14)10-6-2-1-3-7-10/h1-9,13,20H,(H2,17,18,21). The van der Waals surface area contributed by atoms with E-state index < -0.39 is 17.0 Å². The number of urea groups is 1. The van der Waals surface area contributed by atoms with Gasteiger partial charge in [-0.25, -0.2) is 4.79 Å². The van der Waals surface area contributed by atoms with Gasteiger partial charge in [0, 0.05) is 5.56 Å². The second-order valence-corrected chi connectivity index (χ2v) is 4.98. The molecular weight excluding hydrogens is 298 g/mol. The molecular formula is C16H13N3O4. The van der Waals surface area contributed by atoms with E-state index in [0.29, 0.717) is 5.56 Å². The van der Waals surface area contributed by atoms with Crippen LogP contribution in [0.25, 0.3) is 5.70 Å². The first-order chi connectivity index (χ1) is 11.1. The highest BCUT2D eigenvalue weighted by molar-refractivity contribution is 5.90. The number of carbonyl (C=O) groups is 1. The summed E-state index contributed by atoms with van der Waals surface area (Å²) in [6.07, 6.45) is 0. The quantitative estimate of drug-likeness (QED) is 0.598. The normalized spacial score (nSPS) is 17.4. The molecule has 2 aromatic carbocycles. The number of para-hydroxylation sites is 1. The van der Waals surface area contributed by atoms with Crippen LogP contribution in [0.4, 0.5) is 4.79 Å². The SMILES string of the molecule is O=C1NC(c2ccccc2O)=C([N+](=O)[O-])C(c2ccccc2)N1. The number of rotatable bonds is 3. The van der Waals surface area contributed by atoms with Gasteiger partial charge in [0.25, 0.3) is 5.70 Å². The minimum absolute atomic E-state index is 0.00861. The summed E-state index contributed by atoms with van der Waals surface area (Å²) in [4.78, 5) is 23.0. The Morgan fingerprint density at radius 1 is 1.04 bits per heavy atom. The molecule has 1 unspecified atom stereocenters. The van der Waals surface area contributed by atoms with Crippen molar-refractivity contribution < 1.29 is 14.8 Å². The Morgan fingerprint density at radius 2 is 1.70 bits per heavy atom. The minimum atomic E-state index is -0.908. The van der Waals surface area contributed by atoms with Crippen LogP contribution in [0.1, 0.15) is 17.2 Å². The van der Waals surface area contributed by atoms with Crippen molar-refractivity contribution in [2.24, 2.45) is 0 Å². The van der Waals surface area contributed by atoms with Crippen molar-refractivity contribution in [3.63, 3.8) is 0 Å². The Balaban J connectivity index is 2.22. The molecule has 7 nitrogen and oxygen atoms in total. The number of nitrogens with zero attached hydrogens (tertiary/aromatic N) is 1. The predicted molar refractivity (Wildman–Crippen MR) is 82.9 cm³/mol. The maximum atomic E-state index is 11.9. The lowest BCUT2D eigenvalue weighted by atomic mass is 9.98. The molecule has 116 valence electrons. The molecule has 0 radical (unpaired) electrons. The molecule has 0 aromatic heterocycles. The van der Waals surface area contributed by atoms with Gasteiger partial charge in [0.2, 0.25) is 0 Å². The maximum absolute atomic E-state index is 11.9. The largest absolute Gasteiger partial charge is 0.507 e. The van der Waals surface area contributed by atoms with E-state index in [9.17, 15) is 20.0 Å². The van der Waals surface area contributed by atoms with Crippen LogP contribution in [-0.2, 0) is 0 Å². The number of nitro groups is 1. The monoisotopic (exact) mass is 311 g/mol. The zero-order valence-corrected chi connectivity index (χ0v) is 11.9. The number of phenols is 1. The molecule has 1 aliphatic rings. The molecule has 0 fully saturated rings. The van der Waals surface area contributed by atoms with E-state index in [-0.39, 0.29) is 22.7 Å². The van der Waals surface area contributed by atoms with Gasteiger partial charge in [0.05, 0.1) is 4.92 Å². The van der Waals surface area contributed by atoms with E-state index in [4.69, 9.17) is 0 Å². The molecule has 3 rings (SSSR count). The van der Waals surface area contributed by atoms with Gasteiger partial charge in [-0.3, -0.25) is 10.1 Å². The Hall–Kier alpha value is -3.35. The van der Waals surface area contributed by atoms with Crippen LogP contribution in [0.15, 0.2) is 60.3 Å². The Bertz CT molecular complexity index is 802. The molecule has 3 N–H and O–H groups in total. The number of carbonyl (C=O) groups excluding carboxylic acids is 1. The first-order valence-electron chi connectivity index (χ1n) is 6.87. The van der Waals surface area contributed by atoms with E-state index in [1.165, 1.54) is 12.1 Å². The fourth-order valence-corrected chi connectivity index (χ4v) is 2.53. The molecule has 1 atom stereocenters. The second kappa shape index (κ2) is 5.80. The van der Waals surface area contributed by atoms with Crippen LogP contribution in [0.3, 0.4) is 0 Å². The van der Waals surface area contributed by atoms with Gasteiger partial charge in [-0.1, -0.05) is 42.5 Å². The zero-order chi connectivity index (χ0) is 16.4. The summed E-state index contributed by atoms with van der Waals surface area (Å²) in [5.41, 5.74) is 0.556. The summed E-state index contributed by atoms with van der Waals surface area (Å²) in [5.74, 6) is -0.143. The first kappa shape index (κ1) is 14.6. The molecule has 2 aromatic rings. The van der Waals surface area contributed by atoms with E-state index in [1.807, 2.05) is 0 Å². The van der Waals surface area contributed by atoms with E-state index in [0.717, 1.165) is 0 Å². The van der Waals surface area contributed by atoms with Crippen LogP contribution in [0.5, 0.6) is 5.75 Å². The number of phenolic OH excluding ortho intramolecular Hbond substituents is 1. The lowest BCUT2D eigenvalue weighted by Crippen LogP contribution is -2.45. The minimum Gasteiger partial charge on any atom is -0.507 e. The van der Waals surface area contributed by atoms with E-state index in [2.05, 4.69) is 10.6 Å². The molecule has 2 amide bonds. The number of amides is 2. The van der Waals surface area contributed by atoms with Crippen LogP contribution < -0.4 is 10.6 Å². The fraction of sp³-hybridized carbons (Fsp3) is 0.0625. The molecule has 0 aliphatic carbocycles. The smallest absolute Gasteiger partial charge is 0.320 e. The molecule has 0 saturated heterocycles. The molecule has 0 spiro atoms. The lowest BCUT2D eigenvalue weighted by Gasteiger charge is -2.25. The third-order valence-corrected chi connectivity index (χ3v) is 3.55. The number of benzene rings is 2. The lowest BCUT2D eigenvalue weighted by molar-refractivity contribution is -0.430. The van der Waals surface area contributed by atoms with Crippen molar-refractivity contribution in [3.05, 3.63) is 81.5 Å². The number of hydrogen-bond acceptors (Lipinski definition) is 4. The summed E-state index contributed by atoms with van der Waals surface area (Å²) in [6.45, 7) is 0. The zero-order valence-electron chi connectivity index (χ0n) is 11.9. The molecule has 1 heterocycles. The maximum Gasteiger partial charge on any atom is 0.320 e. The van der Waals surface area contributed by atoms with Crippen LogP contribution in [0, 0.1) is 10.1 Å². The number of hydrogen-bond donors (Lipinski definition) is 3. The summed E-state index contributed by atoms with van der Waals surface area (Å²) < 4.78 is 0. The Morgan fingerprint density at radius 3 is 2.35 bits per heavy atom. The molecule has 0 saturated carbocycles. The third-order valence-electron chi connectivity index (χ3n) is 3.55. The summed E-state index contributed by atoms with van der Waals surface area (Å²) in [5, 5.41) is 26.6. The van der Waals surface area contributed by atoms with Crippen LogP contribution in [-0.4, -0.2) is 16.1 Å². The molecule has 0 bridgehead atoms. The topological polar surface area (TPSA) is 104 Å². The van der Waals surface area contributed by atoms with E-state index in [1.54, 1.807) is 42.5 Å². The van der Waals surface area contributed by atoms with Gasteiger partial charge in [-0.2, -0.15) is 0 Å². The number of aromatic hydroxyl groups is 1. The molecule has 23 heavy (non-hydrogen) atoms. The first-order valence-corrected chi connectivity index (χ1v) is 6.87. The molecule has 1 aliphatic heterocycles. The van der Waals surface area contributed by atoms with Gasteiger partial charge in [0.15, 0.2) is 0 Å². The molecule has 7 heteroatoms. The van der Waals surface area contributed by atoms with E-state index >= 15 is 0 Å². The van der Waals surface area contributed by atoms with Gasteiger partial charge < -0.3 is 15.7 Å². The summed E-state index contributed by atoms with van der Waals surface area (Å²) in [7, 11) is 0. The average molecular weight is 311 g/mol. The van der Waals surface area contributed by atoms with Crippen molar-refractivity contribution in [3.8, 4) is 5.75 Å². The second-order valence-electron chi connectivity index (χ2n) is 4.98. The van der Waals surface area contributed by atoms with Gasteiger partial charge >= 0.3 is 6.03 Å². The van der Waals surface area contributed by atoms with Crippen molar-refractivity contribution in [2.75, 3.05) is 0 Å². The number of nitrogens with one attached hydrogen (secondary N) is 2. The predicted octanol–water partition coefficient (Wildman–Crippen LogP) is 2.39. The Kier molecular flexibility index (Phi) is 3.68. The van der Waals surface area contributed by atoms with Gasteiger partial charge in [0.1, 0.15) is 17.5 Å². The average Bonchev–Trinajstić information content (AvgIpc) is 2.55. The van der Waals surface area contributed by atoms with Crippen LogP contribution >= 0.6 is 0 Å². The Labute approximate surface area is 131 Å². The van der Waals surface area contributed by atoms with Crippen molar-refractivity contribution in [1.82, 2.24) is 10.6 Å². The van der Waals surface area contributed by atoms with Gasteiger partial charge in [-0.15, -0.1) is 0 Å². The highest BCUT2D eigenvalue weighted by Crippen LogP contribution is 2.34. The third kappa shape index (κ3) is 2.71. The van der Waals surface area contributed by atoms with Crippen molar-refractivity contribution >= 4 is 11.7 Å². The van der Waals surface area contributed by atoms with Crippen LogP contribution in [0.2, 0.25) is 0 Å². The van der Waals surface area contributed by atoms with Gasteiger partial charge in [-0.05, 0) is 17.7 Å². The summed E-state index contributed by atoms with van der Waals surface area (Å²) >= 11 is 0.